The van der Waals surface area contributed by atoms with Crippen LogP contribution in [0.4, 0.5) is 14.5 Å². The highest BCUT2D eigenvalue weighted by Gasteiger charge is 2.14. The smallest absolute Gasteiger partial charge is 0.265 e. The fraction of sp³-hybridized carbons (Fsp3) is 0.0769. The summed E-state index contributed by atoms with van der Waals surface area (Å²) in [5.41, 5.74) is 5.87. The van der Waals surface area contributed by atoms with Gasteiger partial charge in [0.2, 0.25) is 0 Å². The number of carbonyl (C=O) groups excluding carboxylic acids is 1. The van der Waals surface area contributed by atoms with Gasteiger partial charge in [-0.15, -0.1) is 0 Å². The van der Waals surface area contributed by atoms with Gasteiger partial charge in [0, 0.05) is 34.8 Å². The normalized spacial score (nSPS) is 10.6. The lowest BCUT2D eigenvalue weighted by Gasteiger charge is -2.07. The van der Waals surface area contributed by atoms with Crippen LogP contribution in [-0.2, 0) is 0 Å². The summed E-state index contributed by atoms with van der Waals surface area (Å²) in [6.07, 6.45) is 0.337. The van der Waals surface area contributed by atoms with Gasteiger partial charge in [-0.05, 0) is 18.2 Å². The fourth-order valence-corrected chi connectivity index (χ4v) is 1.58. The number of alkyl halides is 2. The second kappa shape index (κ2) is 4.91. The third-order valence-corrected chi connectivity index (χ3v) is 2.53. The van der Waals surface area contributed by atoms with Crippen molar-refractivity contribution in [3.63, 3.8) is 0 Å². The number of halogens is 2. The number of hydrogen-bond acceptors (Lipinski definition) is 3. The van der Waals surface area contributed by atoms with E-state index in [2.05, 4.69) is 4.98 Å². The van der Waals surface area contributed by atoms with Gasteiger partial charge in [-0.25, -0.2) is 8.78 Å². The molecule has 3 nitrogen and oxygen atoms in total. The van der Waals surface area contributed by atoms with Gasteiger partial charge in [-0.3, -0.25) is 9.78 Å². The quantitative estimate of drug-likeness (QED) is 0.671. The molecule has 0 radical (unpaired) electrons. The molecule has 0 saturated heterocycles. The molecule has 0 fully saturated rings. The highest BCUT2D eigenvalue weighted by atomic mass is 19.3. The van der Waals surface area contributed by atoms with E-state index in [4.69, 9.17) is 5.73 Å². The topological polar surface area (TPSA) is 56.0 Å². The Bertz CT molecular complexity index is 570. The molecule has 0 aliphatic rings. The minimum atomic E-state index is -2.64. The van der Waals surface area contributed by atoms with Crippen LogP contribution >= 0.6 is 0 Å². The summed E-state index contributed by atoms with van der Waals surface area (Å²) >= 11 is 0. The number of anilines is 1. The molecular weight excluding hydrogens is 238 g/mol. The second-order valence-corrected chi connectivity index (χ2v) is 3.71. The van der Waals surface area contributed by atoms with Gasteiger partial charge in [-0.1, -0.05) is 12.1 Å². The Balaban J connectivity index is 2.36. The minimum absolute atomic E-state index is 0.0788. The monoisotopic (exact) mass is 248 g/mol. The molecule has 0 aliphatic carbocycles. The molecular formula is C13H10F2N2O. The molecule has 2 aromatic rings. The molecule has 0 bridgehead atoms. The van der Waals surface area contributed by atoms with Gasteiger partial charge in [-0.2, -0.15) is 0 Å². The maximum Gasteiger partial charge on any atom is 0.265 e. The van der Waals surface area contributed by atoms with E-state index in [0.29, 0.717) is 5.56 Å². The average Bonchev–Trinajstić information content (AvgIpc) is 2.38. The van der Waals surface area contributed by atoms with Crippen LogP contribution < -0.4 is 5.73 Å². The van der Waals surface area contributed by atoms with Crippen molar-refractivity contribution in [2.24, 2.45) is 0 Å². The molecule has 1 aromatic heterocycles. The van der Waals surface area contributed by atoms with Crippen molar-refractivity contribution >= 4 is 11.5 Å². The number of benzene rings is 1. The molecule has 2 N–H and O–H groups in total. The van der Waals surface area contributed by atoms with E-state index in [1.54, 1.807) is 12.1 Å². The number of carbonyl (C=O) groups is 1. The summed E-state index contributed by atoms with van der Waals surface area (Å²) in [6, 6.07) is 6.90. The van der Waals surface area contributed by atoms with E-state index in [0.717, 1.165) is 0 Å². The van der Waals surface area contributed by atoms with Gasteiger partial charge in [0.05, 0.1) is 0 Å². The molecule has 0 saturated carbocycles. The molecule has 5 heteroatoms. The van der Waals surface area contributed by atoms with E-state index in [-0.39, 0.29) is 22.6 Å². The molecule has 0 unspecified atom stereocenters. The number of nitrogens with two attached hydrogens (primary N) is 1. The molecule has 0 aliphatic heterocycles. The largest absolute Gasteiger partial charge is 0.398 e. The zero-order valence-electron chi connectivity index (χ0n) is 9.31. The Hall–Kier alpha value is -2.30. The molecule has 92 valence electrons. The van der Waals surface area contributed by atoms with Crippen LogP contribution in [0.5, 0.6) is 0 Å². The summed E-state index contributed by atoms with van der Waals surface area (Å²) in [4.78, 5) is 15.8. The van der Waals surface area contributed by atoms with Crippen LogP contribution in [-0.4, -0.2) is 10.8 Å². The van der Waals surface area contributed by atoms with Crippen molar-refractivity contribution in [2.75, 3.05) is 5.73 Å². The van der Waals surface area contributed by atoms with Crippen molar-refractivity contribution in [3.8, 4) is 0 Å². The first-order chi connectivity index (χ1) is 8.59. The van der Waals surface area contributed by atoms with Crippen LogP contribution in [0.1, 0.15) is 27.9 Å². The average molecular weight is 248 g/mol. The Labute approximate surface area is 102 Å². The van der Waals surface area contributed by atoms with E-state index >= 15 is 0 Å². The summed E-state index contributed by atoms with van der Waals surface area (Å²) in [5, 5.41) is 0. The first-order valence-electron chi connectivity index (χ1n) is 5.22. The first kappa shape index (κ1) is 12.2. The number of pyridine rings is 1. The van der Waals surface area contributed by atoms with Crippen molar-refractivity contribution in [1.82, 2.24) is 4.98 Å². The van der Waals surface area contributed by atoms with Crippen molar-refractivity contribution in [3.05, 3.63) is 59.4 Å². The zero-order chi connectivity index (χ0) is 13.1. The Morgan fingerprint density at radius 1 is 1.11 bits per heavy atom. The summed E-state index contributed by atoms with van der Waals surface area (Å²) in [7, 11) is 0. The molecule has 0 amide bonds. The lowest BCUT2D eigenvalue weighted by molar-refractivity contribution is 0.103. The Morgan fingerprint density at radius 3 is 2.33 bits per heavy atom. The second-order valence-electron chi connectivity index (χ2n) is 3.71. The molecule has 2 rings (SSSR count). The first-order valence-corrected chi connectivity index (χ1v) is 5.22. The number of aromatic nitrogens is 1. The van der Waals surface area contributed by atoms with Gasteiger partial charge in [0.15, 0.2) is 5.78 Å². The van der Waals surface area contributed by atoms with Crippen LogP contribution in [0.15, 0.2) is 42.7 Å². The third-order valence-electron chi connectivity index (χ3n) is 2.53. The number of nitrogen functional groups attached to an aromatic ring is 1. The van der Waals surface area contributed by atoms with E-state index in [1.165, 1.54) is 30.6 Å². The molecule has 1 heterocycles. The van der Waals surface area contributed by atoms with Crippen molar-refractivity contribution in [2.45, 2.75) is 6.43 Å². The molecule has 0 atom stereocenters. The standard InChI is InChI=1S/C13H10F2N2O/c14-13(15)10-2-1-9(7-11(10)16)12(18)8-3-5-17-6-4-8/h1-7,13H,16H2. The van der Waals surface area contributed by atoms with E-state index in [9.17, 15) is 13.6 Å². The van der Waals surface area contributed by atoms with E-state index in [1.807, 2.05) is 0 Å². The van der Waals surface area contributed by atoms with E-state index < -0.39 is 6.43 Å². The zero-order valence-corrected chi connectivity index (χ0v) is 9.31. The summed E-state index contributed by atoms with van der Waals surface area (Å²) in [6.45, 7) is 0. The maximum atomic E-state index is 12.5. The maximum absolute atomic E-state index is 12.5. The summed E-state index contributed by atoms with van der Waals surface area (Å²) in [5.74, 6) is -0.273. The van der Waals surface area contributed by atoms with Crippen LogP contribution in [0.2, 0.25) is 0 Å². The molecule has 1 aromatic carbocycles. The minimum Gasteiger partial charge on any atom is -0.398 e. The van der Waals surface area contributed by atoms with Gasteiger partial charge in [0.1, 0.15) is 0 Å². The van der Waals surface area contributed by atoms with Gasteiger partial charge in [0.25, 0.3) is 6.43 Å². The Kier molecular flexibility index (Phi) is 3.32. The van der Waals surface area contributed by atoms with Crippen LogP contribution in [0.25, 0.3) is 0 Å². The number of hydrogen-bond donors (Lipinski definition) is 1. The fourth-order valence-electron chi connectivity index (χ4n) is 1.58. The third kappa shape index (κ3) is 2.34. The summed E-state index contributed by atoms with van der Waals surface area (Å²) < 4.78 is 25.0. The lowest BCUT2D eigenvalue weighted by atomic mass is 10.0. The predicted octanol–water partition coefficient (Wildman–Crippen LogP) is 2.83. The molecule has 18 heavy (non-hydrogen) atoms. The van der Waals surface area contributed by atoms with Crippen molar-refractivity contribution in [1.29, 1.82) is 0 Å². The molecule has 0 spiro atoms. The van der Waals surface area contributed by atoms with Gasteiger partial charge >= 0.3 is 0 Å². The highest BCUT2D eigenvalue weighted by Crippen LogP contribution is 2.26. The van der Waals surface area contributed by atoms with Crippen molar-refractivity contribution < 1.29 is 13.6 Å². The number of rotatable bonds is 3. The highest BCUT2D eigenvalue weighted by molar-refractivity contribution is 6.09. The number of nitrogens with zero attached hydrogens (tertiary/aromatic N) is 1. The van der Waals surface area contributed by atoms with Crippen LogP contribution in [0.3, 0.4) is 0 Å². The van der Waals surface area contributed by atoms with Crippen LogP contribution in [0, 0.1) is 0 Å². The SMILES string of the molecule is Nc1cc(C(=O)c2ccncc2)ccc1C(F)F. The Morgan fingerprint density at radius 2 is 1.78 bits per heavy atom. The predicted molar refractivity (Wildman–Crippen MR) is 63.5 cm³/mol. The lowest BCUT2D eigenvalue weighted by Crippen LogP contribution is -2.04. The van der Waals surface area contributed by atoms with Gasteiger partial charge < -0.3 is 5.73 Å². The number of ketones is 1.